The molecule has 2 bridgehead atoms. The molecule has 20 heavy (non-hydrogen) atoms. The van der Waals surface area contributed by atoms with Gasteiger partial charge in [-0.2, -0.15) is 18.2 Å². The van der Waals surface area contributed by atoms with Crippen molar-refractivity contribution in [3.8, 4) is 0 Å². The van der Waals surface area contributed by atoms with E-state index < -0.39 is 12.6 Å². The molecule has 0 amide bonds. The Morgan fingerprint density at radius 1 is 1.20 bits per heavy atom. The van der Waals surface area contributed by atoms with Crippen LogP contribution in [-0.4, -0.2) is 40.9 Å². The Bertz CT molecular complexity index is 462. The van der Waals surface area contributed by atoms with Crippen molar-refractivity contribution in [3.63, 3.8) is 0 Å². The molecule has 4 nitrogen and oxygen atoms in total. The van der Waals surface area contributed by atoms with Crippen molar-refractivity contribution in [3.05, 3.63) is 11.7 Å². The molecule has 0 saturated carbocycles. The highest BCUT2D eigenvalue weighted by Crippen LogP contribution is 2.40. The van der Waals surface area contributed by atoms with Gasteiger partial charge >= 0.3 is 6.18 Å². The minimum absolute atomic E-state index is 0.125. The van der Waals surface area contributed by atoms with E-state index in [1.165, 1.54) is 0 Å². The van der Waals surface area contributed by atoms with Crippen LogP contribution < -0.4 is 0 Å². The summed E-state index contributed by atoms with van der Waals surface area (Å²) in [6.45, 7) is 3.08. The summed E-state index contributed by atoms with van der Waals surface area (Å²) >= 11 is 0. The number of fused-ring (bicyclic) bond motifs is 2. The molecule has 3 heterocycles. The van der Waals surface area contributed by atoms with Crippen molar-refractivity contribution in [2.75, 3.05) is 19.6 Å². The summed E-state index contributed by atoms with van der Waals surface area (Å²) in [6.07, 6.45) is -1.13. The molecule has 0 spiro atoms. The Labute approximate surface area is 115 Å². The van der Waals surface area contributed by atoms with Gasteiger partial charge < -0.3 is 9.42 Å². The van der Waals surface area contributed by atoms with Crippen LogP contribution in [0.3, 0.4) is 0 Å². The summed E-state index contributed by atoms with van der Waals surface area (Å²) in [5, 5.41) is 3.73. The summed E-state index contributed by atoms with van der Waals surface area (Å²) in [6, 6.07) is 0. The molecule has 0 radical (unpaired) electrons. The minimum Gasteiger partial charge on any atom is -0.339 e. The van der Waals surface area contributed by atoms with E-state index in [0.717, 1.165) is 45.3 Å². The highest BCUT2D eigenvalue weighted by atomic mass is 19.4. The lowest BCUT2D eigenvalue weighted by molar-refractivity contribution is -0.134. The lowest BCUT2D eigenvalue weighted by atomic mass is 9.73. The molecule has 2 fully saturated rings. The van der Waals surface area contributed by atoms with Crippen molar-refractivity contribution >= 4 is 0 Å². The molecule has 7 heteroatoms. The second-order valence-electron chi connectivity index (χ2n) is 5.89. The van der Waals surface area contributed by atoms with E-state index >= 15 is 0 Å². The number of hydrogen-bond acceptors (Lipinski definition) is 4. The molecule has 0 N–H and O–H groups in total. The third-order valence-corrected chi connectivity index (χ3v) is 4.34. The summed E-state index contributed by atoms with van der Waals surface area (Å²) < 4.78 is 41.9. The number of halogens is 3. The zero-order chi connectivity index (χ0) is 14.2. The summed E-state index contributed by atoms with van der Waals surface area (Å²) in [4.78, 5) is 6.63. The molecule has 112 valence electrons. The summed E-state index contributed by atoms with van der Waals surface area (Å²) in [7, 11) is 0. The quantitative estimate of drug-likeness (QED) is 0.858. The highest BCUT2D eigenvalue weighted by molar-refractivity contribution is 5.11. The van der Waals surface area contributed by atoms with Gasteiger partial charge in [0.15, 0.2) is 5.82 Å². The molecular weight excluding hydrogens is 271 g/mol. The van der Waals surface area contributed by atoms with E-state index in [1.807, 2.05) is 0 Å². The predicted octanol–water partition coefficient (Wildman–Crippen LogP) is 2.69. The fourth-order valence-electron chi connectivity index (χ4n) is 3.37. The second-order valence-corrected chi connectivity index (χ2v) is 5.89. The number of aryl methyl sites for hydroxylation is 1. The van der Waals surface area contributed by atoms with E-state index in [0.29, 0.717) is 5.89 Å². The van der Waals surface area contributed by atoms with E-state index in [4.69, 9.17) is 4.52 Å². The first-order valence-corrected chi connectivity index (χ1v) is 7.09. The van der Waals surface area contributed by atoms with E-state index in [2.05, 4.69) is 15.0 Å². The Hall–Kier alpha value is -1.11. The lowest BCUT2D eigenvalue weighted by Gasteiger charge is -2.44. The Morgan fingerprint density at radius 2 is 1.90 bits per heavy atom. The van der Waals surface area contributed by atoms with Gasteiger partial charge in [-0.25, -0.2) is 0 Å². The van der Waals surface area contributed by atoms with Gasteiger partial charge in [0.2, 0.25) is 5.89 Å². The number of alkyl halides is 3. The summed E-state index contributed by atoms with van der Waals surface area (Å²) in [5.74, 6) is 0.716. The van der Waals surface area contributed by atoms with Crippen molar-refractivity contribution in [1.29, 1.82) is 0 Å². The maximum absolute atomic E-state index is 12.2. The smallest absolute Gasteiger partial charge is 0.339 e. The van der Waals surface area contributed by atoms with E-state index in [9.17, 15) is 13.2 Å². The molecule has 1 aromatic rings. The molecular formula is C13H18F3N3O. The van der Waals surface area contributed by atoms with Gasteiger partial charge in [-0.3, -0.25) is 0 Å². The molecule has 3 rings (SSSR count). The number of piperidine rings is 2. The standard InChI is InChI=1S/C13H18F3N3O/c14-13(15,16)6-3-10-17-11(20-18-10)12-4-1-7-19(9-12)8-2-5-12/h1-9H2. The van der Waals surface area contributed by atoms with Crippen LogP contribution in [0.25, 0.3) is 0 Å². The Balaban J connectivity index is 1.72. The molecule has 0 aromatic carbocycles. The van der Waals surface area contributed by atoms with E-state index in [1.54, 1.807) is 0 Å². The van der Waals surface area contributed by atoms with Gasteiger partial charge in [0, 0.05) is 13.0 Å². The van der Waals surface area contributed by atoms with Gasteiger partial charge in [-0.05, 0) is 38.8 Å². The number of hydrogen-bond donors (Lipinski definition) is 0. The van der Waals surface area contributed by atoms with Crippen LogP contribution in [0.4, 0.5) is 13.2 Å². The van der Waals surface area contributed by atoms with Crippen molar-refractivity contribution in [2.24, 2.45) is 0 Å². The average Bonchev–Trinajstić information content (AvgIpc) is 2.85. The lowest BCUT2D eigenvalue weighted by Crippen LogP contribution is -2.50. The van der Waals surface area contributed by atoms with Gasteiger partial charge in [0.1, 0.15) is 0 Å². The first-order chi connectivity index (χ1) is 9.47. The predicted molar refractivity (Wildman–Crippen MR) is 65.3 cm³/mol. The van der Waals surface area contributed by atoms with Gasteiger partial charge in [0.05, 0.1) is 11.8 Å². The van der Waals surface area contributed by atoms with Gasteiger partial charge in [-0.15, -0.1) is 0 Å². The van der Waals surface area contributed by atoms with Crippen LogP contribution in [0.5, 0.6) is 0 Å². The largest absolute Gasteiger partial charge is 0.389 e. The molecule has 0 aliphatic carbocycles. The SMILES string of the molecule is FC(F)(F)CCc1noc(C23CCCN(CCC2)C3)n1. The second kappa shape index (κ2) is 5.02. The topological polar surface area (TPSA) is 42.2 Å². The van der Waals surface area contributed by atoms with Crippen molar-refractivity contribution in [1.82, 2.24) is 15.0 Å². The minimum atomic E-state index is -4.18. The number of rotatable bonds is 3. The maximum Gasteiger partial charge on any atom is 0.389 e. The molecule has 0 atom stereocenters. The molecule has 2 saturated heterocycles. The molecule has 1 aromatic heterocycles. The van der Waals surface area contributed by atoms with Crippen LogP contribution in [0, 0.1) is 0 Å². The number of nitrogens with zero attached hydrogens (tertiary/aromatic N) is 3. The Morgan fingerprint density at radius 3 is 2.55 bits per heavy atom. The first-order valence-electron chi connectivity index (χ1n) is 7.09. The zero-order valence-corrected chi connectivity index (χ0v) is 11.2. The van der Waals surface area contributed by atoms with Crippen molar-refractivity contribution in [2.45, 2.75) is 50.1 Å². The molecule has 0 unspecified atom stereocenters. The highest BCUT2D eigenvalue weighted by Gasteiger charge is 2.44. The number of aromatic nitrogens is 2. The van der Waals surface area contributed by atoms with E-state index in [-0.39, 0.29) is 17.7 Å². The third kappa shape index (κ3) is 2.82. The van der Waals surface area contributed by atoms with Gasteiger partial charge in [-0.1, -0.05) is 5.16 Å². The molecule has 2 aliphatic heterocycles. The maximum atomic E-state index is 12.2. The Kier molecular flexibility index (Phi) is 3.48. The van der Waals surface area contributed by atoms with Crippen LogP contribution in [-0.2, 0) is 11.8 Å². The normalized spacial score (nSPS) is 30.4. The fourth-order valence-corrected chi connectivity index (χ4v) is 3.37. The zero-order valence-electron chi connectivity index (χ0n) is 11.2. The monoisotopic (exact) mass is 289 g/mol. The van der Waals surface area contributed by atoms with Crippen molar-refractivity contribution < 1.29 is 17.7 Å². The van der Waals surface area contributed by atoms with Crippen LogP contribution in [0.1, 0.15) is 43.8 Å². The molecule has 2 aliphatic rings. The fraction of sp³-hybridized carbons (Fsp3) is 0.846. The first kappa shape index (κ1) is 13.9. The van der Waals surface area contributed by atoms with Gasteiger partial charge in [0.25, 0.3) is 0 Å². The van der Waals surface area contributed by atoms with Crippen LogP contribution >= 0.6 is 0 Å². The third-order valence-electron chi connectivity index (χ3n) is 4.34. The average molecular weight is 289 g/mol. The summed E-state index contributed by atoms with van der Waals surface area (Å²) in [5.41, 5.74) is -0.125. The van der Waals surface area contributed by atoms with Crippen LogP contribution in [0.15, 0.2) is 4.52 Å². The van der Waals surface area contributed by atoms with Crippen LogP contribution in [0.2, 0.25) is 0 Å².